The van der Waals surface area contributed by atoms with Crippen LogP contribution in [0.5, 0.6) is 0 Å². The Morgan fingerprint density at radius 1 is 1.14 bits per heavy atom. The predicted octanol–water partition coefficient (Wildman–Crippen LogP) is 0.978. The van der Waals surface area contributed by atoms with Crippen LogP contribution in [-0.4, -0.2) is 74.2 Å². The summed E-state index contributed by atoms with van der Waals surface area (Å²) in [6.07, 6.45) is 2.76. The Morgan fingerprint density at radius 2 is 1.86 bits per heavy atom. The van der Waals surface area contributed by atoms with E-state index < -0.39 is 0 Å². The molecule has 0 radical (unpaired) electrons. The van der Waals surface area contributed by atoms with Gasteiger partial charge in [-0.2, -0.15) is 0 Å². The van der Waals surface area contributed by atoms with Crippen LogP contribution in [0.1, 0.15) is 33.6 Å². The molecule has 1 unspecified atom stereocenters. The molecule has 0 spiro atoms. The summed E-state index contributed by atoms with van der Waals surface area (Å²) >= 11 is 0. The zero-order valence-electron chi connectivity index (χ0n) is 14.1. The molecule has 122 valence electrons. The number of piperazine rings is 1. The van der Waals surface area contributed by atoms with Crippen LogP contribution in [0.25, 0.3) is 0 Å². The van der Waals surface area contributed by atoms with Crippen molar-refractivity contribution in [1.29, 1.82) is 0 Å². The van der Waals surface area contributed by atoms with Gasteiger partial charge in [0.2, 0.25) is 0 Å². The maximum atomic E-state index is 4.77. The van der Waals surface area contributed by atoms with E-state index in [2.05, 4.69) is 41.2 Å². The summed E-state index contributed by atoms with van der Waals surface area (Å²) in [7, 11) is 0. The standard InChI is InChI=1S/C16H33N5/c1-4-17-16(19-13-15-6-7-15)18-12-14(3)21-10-8-20(5-2)9-11-21/h14-15H,4-13H2,1-3H3,(H2,17,18,19). The Balaban J connectivity index is 1.73. The molecule has 0 amide bonds. The van der Waals surface area contributed by atoms with Crippen molar-refractivity contribution in [2.24, 2.45) is 10.9 Å². The molecule has 1 atom stereocenters. The topological polar surface area (TPSA) is 42.9 Å². The molecule has 2 aliphatic rings. The minimum atomic E-state index is 0.528. The minimum absolute atomic E-state index is 0.528. The van der Waals surface area contributed by atoms with Gasteiger partial charge in [-0.25, -0.2) is 0 Å². The van der Waals surface area contributed by atoms with E-state index in [0.717, 1.165) is 31.5 Å². The summed E-state index contributed by atoms with van der Waals surface area (Å²) in [6, 6.07) is 0.528. The lowest BCUT2D eigenvalue weighted by Crippen LogP contribution is -2.50. The van der Waals surface area contributed by atoms with Crippen LogP contribution < -0.4 is 10.6 Å². The molecule has 21 heavy (non-hydrogen) atoms. The van der Waals surface area contributed by atoms with Gasteiger partial charge in [0, 0.05) is 45.3 Å². The van der Waals surface area contributed by atoms with Crippen molar-refractivity contribution in [3.05, 3.63) is 0 Å². The third kappa shape index (κ3) is 5.83. The van der Waals surface area contributed by atoms with Crippen LogP contribution in [-0.2, 0) is 0 Å². The van der Waals surface area contributed by atoms with Gasteiger partial charge in [-0.3, -0.25) is 9.89 Å². The molecule has 1 saturated heterocycles. The first-order valence-electron chi connectivity index (χ1n) is 8.71. The number of nitrogens with one attached hydrogen (secondary N) is 2. The first kappa shape index (κ1) is 16.6. The molecule has 0 aromatic carbocycles. The molecule has 1 heterocycles. The first-order valence-corrected chi connectivity index (χ1v) is 8.71. The maximum Gasteiger partial charge on any atom is 0.191 e. The SMILES string of the molecule is CCNC(=NCC(C)N1CCN(CC)CC1)NCC1CC1. The van der Waals surface area contributed by atoms with E-state index in [-0.39, 0.29) is 0 Å². The van der Waals surface area contributed by atoms with Crippen LogP contribution >= 0.6 is 0 Å². The maximum absolute atomic E-state index is 4.77. The van der Waals surface area contributed by atoms with Gasteiger partial charge >= 0.3 is 0 Å². The molecule has 0 aromatic rings. The average Bonchev–Trinajstić information content (AvgIpc) is 3.34. The number of hydrogen-bond acceptors (Lipinski definition) is 3. The van der Waals surface area contributed by atoms with E-state index in [4.69, 9.17) is 4.99 Å². The molecule has 1 aliphatic heterocycles. The van der Waals surface area contributed by atoms with Crippen molar-refractivity contribution in [2.75, 3.05) is 52.4 Å². The molecule has 5 heteroatoms. The Morgan fingerprint density at radius 3 is 2.43 bits per heavy atom. The van der Waals surface area contributed by atoms with Gasteiger partial charge < -0.3 is 15.5 Å². The highest BCUT2D eigenvalue weighted by Crippen LogP contribution is 2.27. The third-order valence-corrected chi connectivity index (χ3v) is 4.59. The minimum Gasteiger partial charge on any atom is -0.357 e. The van der Waals surface area contributed by atoms with Crippen LogP contribution in [0.2, 0.25) is 0 Å². The number of likely N-dealkylation sites (N-methyl/N-ethyl adjacent to an activating group) is 1. The molecule has 5 nitrogen and oxygen atoms in total. The van der Waals surface area contributed by atoms with E-state index in [0.29, 0.717) is 6.04 Å². The highest BCUT2D eigenvalue weighted by atomic mass is 15.3. The molecule has 1 saturated carbocycles. The lowest BCUT2D eigenvalue weighted by Gasteiger charge is -2.37. The molecule has 2 N–H and O–H groups in total. The van der Waals surface area contributed by atoms with Crippen LogP contribution in [0.3, 0.4) is 0 Å². The fourth-order valence-corrected chi connectivity index (χ4v) is 2.76. The normalized spacial score (nSPS) is 23.1. The van der Waals surface area contributed by atoms with Crippen LogP contribution in [0.15, 0.2) is 4.99 Å². The second-order valence-corrected chi connectivity index (χ2v) is 6.36. The smallest absolute Gasteiger partial charge is 0.191 e. The number of nitrogens with zero attached hydrogens (tertiary/aromatic N) is 3. The van der Waals surface area contributed by atoms with Crippen molar-refractivity contribution in [1.82, 2.24) is 20.4 Å². The van der Waals surface area contributed by atoms with E-state index >= 15 is 0 Å². The first-order chi connectivity index (χ1) is 10.2. The number of hydrogen-bond donors (Lipinski definition) is 2. The second-order valence-electron chi connectivity index (χ2n) is 6.36. The van der Waals surface area contributed by atoms with Crippen molar-refractivity contribution < 1.29 is 0 Å². The molecule has 2 rings (SSSR count). The Bertz CT molecular complexity index is 319. The van der Waals surface area contributed by atoms with Crippen molar-refractivity contribution >= 4 is 5.96 Å². The van der Waals surface area contributed by atoms with E-state index in [1.807, 2.05) is 0 Å². The number of aliphatic imine (C=N–C) groups is 1. The Labute approximate surface area is 130 Å². The second kappa shape index (κ2) is 8.59. The summed E-state index contributed by atoms with van der Waals surface area (Å²) in [5, 5.41) is 6.82. The fourth-order valence-electron chi connectivity index (χ4n) is 2.76. The summed E-state index contributed by atoms with van der Waals surface area (Å²) in [4.78, 5) is 9.86. The van der Waals surface area contributed by atoms with Gasteiger partial charge in [0.25, 0.3) is 0 Å². The van der Waals surface area contributed by atoms with Crippen molar-refractivity contribution in [3.8, 4) is 0 Å². The van der Waals surface area contributed by atoms with E-state index in [1.54, 1.807) is 0 Å². The van der Waals surface area contributed by atoms with Crippen molar-refractivity contribution in [3.63, 3.8) is 0 Å². The van der Waals surface area contributed by atoms with Gasteiger partial charge in [0.1, 0.15) is 0 Å². The quantitative estimate of drug-likeness (QED) is 0.543. The van der Waals surface area contributed by atoms with Gasteiger partial charge in [-0.15, -0.1) is 0 Å². The van der Waals surface area contributed by atoms with Gasteiger partial charge in [0.15, 0.2) is 5.96 Å². The summed E-state index contributed by atoms with van der Waals surface area (Å²) in [5.74, 6) is 1.87. The molecule has 0 aromatic heterocycles. The largest absolute Gasteiger partial charge is 0.357 e. The molecule has 2 fully saturated rings. The zero-order valence-corrected chi connectivity index (χ0v) is 14.1. The highest BCUT2D eigenvalue weighted by molar-refractivity contribution is 5.79. The van der Waals surface area contributed by atoms with Crippen LogP contribution in [0.4, 0.5) is 0 Å². The molecule has 1 aliphatic carbocycles. The lowest BCUT2D eigenvalue weighted by molar-refractivity contribution is 0.109. The zero-order chi connectivity index (χ0) is 15.1. The Hall–Kier alpha value is -0.810. The van der Waals surface area contributed by atoms with E-state index in [9.17, 15) is 0 Å². The predicted molar refractivity (Wildman–Crippen MR) is 89.9 cm³/mol. The molecular weight excluding hydrogens is 262 g/mol. The Kier molecular flexibility index (Phi) is 6.77. The fraction of sp³-hybridized carbons (Fsp3) is 0.938. The van der Waals surface area contributed by atoms with E-state index in [1.165, 1.54) is 45.6 Å². The average molecular weight is 295 g/mol. The van der Waals surface area contributed by atoms with Gasteiger partial charge in [0.05, 0.1) is 6.54 Å². The van der Waals surface area contributed by atoms with Gasteiger partial charge in [-0.1, -0.05) is 6.92 Å². The van der Waals surface area contributed by atoms with Gasteiger partial charge in [-0.05, 0) is 39.2 Å². The molecule has 0 bridgehead atoms. The summed E-state index contributed by atoms with van der Waals surface area (Å²) < 4.78 is 0. The number of guanidine groups is 1. The molecular formula is C16H33N5. The summed E-state index contributed by atoms with van der Waals surface area (Å²) in [5.41, 5.74) is 0. The third-order valence-electron chi connectivity index (χ3n) is 4.59. The lowest BCUT2D eigenvalue weighted by atomic mass is 10.2. The number of rotatable bonds is 7. The summed E-state index contributed by atoms with van der Waals surface area (Å²) in [6.45, 7) is 15.5. The monoisotopic (exact) mass is 295 g/mol. The van der Waals surface area contributed by atoms with Crippen LogP contribution in [0, 0.1) is 5.92 Å². The highest BCUT2D eigenvalue weighted by Gasteiger charge is 2.22. The van der Waals surface area contributed by atoms with Crippen molar-refractivity contribution in [2.45, 2.75) is 39.7 Å².